The largest absolute Gasteiger partial charge is 0.0997 e. The molecule has 1 unspecified atom stereocenters. The molecule has 0 spiro atoms. The van der Waals surface area contributed by atoms with E-state index in [4.69, 9.17) is 0 Å². The van der Waals surface area contributed by atoms with E-state index in [0.29, 0.717) is 0 Å². The minimum Gasteiger partial charge on any atom is -0.0693 e. The summed E-state index contributed by atoms with van der Waals surface area (Å²) in [6.45, 7) is 9.72. The summed E-state index contributed by atoms with van der Waals surface area (Å²) in [6, 6.07) is 21.6. The van der Waals surface area contributed by atoms with Crippen LogP contribution in [0.3, 0.4) is 0 Å². The first-order valence-corrected chi connectivity index (χ1v) is 13.1. The minimum atomic E-state index is -0.995. The summed E-state index contributed by atoms with van der Waals surface area (Å²) in [6.07, 6.45) is 0. The smallest absolute Gasteiger partial charge is 0.0693 e. The van der Waals surface area contributed by atoms with E-state index in [9.17, 15) is 0 Å². The van der Waals surface area contributed by atoms with Gasteiger partial charge in [-0.3, -0.25) is 0 Å². The summed E-state index contributed by atoms with van der Waals surface area (Å²) >= 11 is 0. The Morgan fingerprint density at radius 1 is 0.789 bits per heavy atom. The molecule has 0 saturated heterocycles. The summed E-state index contributed by atoms with van der Waals surface area (Å²) in [5.41, 5.74) is 1.51. The molecule has 0 aromatic heterocycles. The maximum atomic E-state index is 2.43. The van der Waals surface area contributed by atoms with Crippen LogP contribution in [0.4, 0.5) is 0 Å². The van der Waals surface area contributed by atoms with Crippen molar-refractivity contribution in [3.05, 3.63) is 60.2 Å². The summed E-state index contributed by atoms with van der Waals surface area (Å²) in [5.74, 6) is 0. The van der Waals surface area contributed by atoms with Crippen LogP contribution in [-0.4, -0.2) is 16.9 Å². The van der Waals surface area contributed by atoms with Gasteiger partial charge in [-0.05, 0) is 6.04 Å². The Hall–Kier alpha value is -1.13. The van der Waals surface area contributed by atoms with Crippen LogP contribution in [0.1, 0.15) is 5.56 Å². The van der Waals surface area contributed by atoms with Crippen LogP contribution in [0, 0.1) is 0 Å². The van der Waals surface area contributed by atoms with Crippen LogP contribution in [0.15, 0.2) is 54.6 Å². The van der Waals surface area contributed by atoms with Gasteiger partial charge in [0.2, 0.25) is 0 Å². The number of benzene rings is 2. The molecule has 0 aliphatic rings. The molecule has 0 radical (unpaired) electrons. The van der Waals surface area contributed by atoms with Crippen molar-refractivity contribution in [3.63, 3.8) is 0 Å². The zero-order chi connectivity index (χ0) is 13.9. The van der Waals surface area contributed by atoms with Gasteiger partial charge in [0.25, 0.3) is 0 Å². The SMILES string of the molecule is C[SiH](c1ccccc1)c1ccc(C[Si](C)(C)C)cc1. The van der Waals surface area contributed by atoms with Gasteiger partial charge in [-0.15, -0.1) is 0 Å². The first-order valence-electron chi connectivity index (χ1n) is 7.09. The highest BCUT2D eigenvalue weighted by molar-refractivity contribution is 6.84. The maximum absolute atomic E-state index is 2.43. The summed E-state index contributed by atoms with van der Waals surface area (Å²) in [5, 5.41) is 3.07. The molecule has 0 aliphatic carbocycles. The summed E-state index contributed by atoms with van der Waals surface area (Å²) in [7, 11) is -1.98. The molecule has 2 heteroatoms. The van der Waals surface area contributed by atoms with E-state index in [0.717, 1.165) is 0 Å². The zero-order valence-electron chi connectivity index (χ0n) is 12.5. The van der Waals surface area contributed by atoms with E-state index in [2.05, 4.69) is 80.8 Å². The van der Waals surface area contributed by atoms with Crippen LogP contribution in [0.5, 0.6) is 0 Å². The number of rotatable bonds is 4. The molecule has 0 saturated carbocycles. The lowest BCUT2D eigenvalue weighted by atomic mass is 10.2. The van der Waals surface area contributed by atoms with Gasteiger partial charge in [0.15, 0.2) is 0 Å². The standard InChI is InChI=1S/C17H24Si2/c1-18(16-8-6-5-7-9-16)17-12-10-15(11-13-17)14-19(2,3)4/h5-13,18H,14H2,1-4H3. The van der Waals surface area contributed by atoms with Crippen LogP contribution >= 0.6 is 0 Å². The molecule has 19 heavy (non-hydrogen) atoms. The molecule has 1 atom stereocenters. The second-order valence-electron chi connectivity index (χ2n) is 6.61. The Labute approximate surface area is 120 Å². The fourth-order valence-electron chi connectivity index (χ4n) is 2.47. The second-order valence-corrected chi connectivity index (χ2v) is 14.9. The third-order valence-electron chi connectivity index (χ3n) is 3.51. The predicted molar refractivity (Wildman–Crippen MR) is 92.2 cm³/mol. The predicted octanol–water partition coefficient (Wildman–Crippen LogP) is 3.08. The van der Waals surface area contributed by atoms with E-state index in [-0.39, 0.29) is 0 Å². The Morgan fingerprint density at radius 3 is 1.84 bits per heavy atom. The maximum Gasteiger partial charge on any atom is 0.0997 e. The number of hydrogen-bond acceptors (Lipinski definition) is 0. The fraction of sp³-hybridized carbons (Fsp3) is 0.294. The van der Waals surface area contributed by atoms with Crippen LogP contribution < -0.4 is 10.4 Å². The molecule has 0 aliphatic heterocycles. The molecule has 0 bridgehead atoms. The molecule has 2 rings (SSSR count). The molecule has 0 nitrogen and oxygen atoms in total. The first-order chi connectivity index (χ1) is 8.96. The van der Waals surface area contributed by atoms with Crippen molar-refractivity contribution in [2.24, 2.45) is 0 Å². The van der Waals surface area contributed by atoms with Crippen molar-refractivity contribution in [1.82, 2.24) is 0 Å². The van der Waals surface area contributed by atoms with Gasteiger partial charge in [-0.2, -0.15) is 0 Å². The van der Waals surface area contributed by atoms with Crippen molar-refractivity contribution in [2.75, 3.05) is 0 Å². The monoisotopic (exact) mass is 284 g/mol. The van der Waals surface area contributed by atoms with E-state index in [1.54, 1.807) is 5.19 Å². The van der Waals surface area contributed by atoms with E-state index in [1.165, 1.54) is 16.8 Å². The molecule has 0 N–H and O–H groups in total. The highest BCUT2D eigenvalue weighted by atomic mass is 28.3. The van der Waals surface area contributed by atoms with Crippen molar-refractivity contribution in [3.8, 4) is 0 Å². The van der Waals surface area contributed by atoms with Crippen molar-refractivity contribution in [2.45, 2.75) is 32.2 Å². The van der Waals surface area contributed by atoms with Gasteiger partial charge in [0, 0.05) is 8.07 Å². The van der Waals surface area contributed by atoms with Gasteiger partial charge < -0.3 is 0 Å². The minimum absolute atomic E-state index is 0.981. The molecule has 0 fully saturated rings. The lowest BCUT2D eigenvalue weighted by molar-refractivity contribution is 1.31. The van der Waals surface area contributed by atoms with Crippen molar-refractivity contribution in [1.29, 1.82) is 0 Å². The Morgan fingerprint density at radius 2 is 1.32 bits per heavy atom. The van der Waals surface area contributed by atoms with Crippen LogP contribution in [0.2, 0.25) is 26.2 Å². The quantitative estimate of drug-likeness (QED) is 0.757. The average molecular weight is 285 g/mol. The number of hydrogen-bond donors (Lipinski definition) is 0. The third-order valence-corrected chi connectivity index (χ3v) is 7.75. The van der Waals surface area contributed by atoms with E-state index in [1.807, 2.05) is 0 Å². The fourth-order valence-corrected chi connectivity index (χ4v) is 5.89. The Kier molecular flexibility index (Phi) is 4.43. The molecule has 0 heterocycles. The van der Waals surface area contributed by atoms with Gasteiger partial charge >= 0.3 is 0 Å². The van der Waals surface area contributed by atoms with Gasteiger partial charge in [-0.25, -0.2) is 0 Å². The molecule has 100 valence electrons. The lowest BCUT2D eigenvalue weighted by Crippen LogP contribution is -2.39. The Bertz CT molecular complexity index is 509. The van der Waals surface area contributed by atoms with Gasteiger partial charge in [-0.1, -0.05) is 96.7 Å². The van der Waals surface area contributed by atoms with Crippen LogP contribution in [-0.2, 0) is 6.04 Å². The third kappa shape index (κ3) is 4.18. The van der Waals surface area contributed by atoms with E-state index >= 15 is 0 Å². The molecule has 0 amide bonds. The molecular weight excluding hydrogens is 260 g/mol. The van der Waals surface area contributed by atoms with E-state index < -0.39 is 16.9 Å². The van der Waals surface area contributed by atoms with Gasteiger partial charge in [0.05, 0.1) is 8.80 Å². The zero-order valence-corrected chi connectivity index (χ0v) is 14.6. The second kappa shape index (κ2) is 5.89. The lowest BCUT2D eigenvalue weighted by Gasteiger charge is -2.17. The summed E-state index contributed by atoms with van der Waals surface area (Å²) < 4.78 is 0. The summed E-state index contributed by atoms with van der Waals surface area (Å²) in [4.78, 5) is 0. The Balaban J connectivity index is 2.15. The molecular formula is C17H24Si2. The normalized spacial score (nSPS) is 13.3. The molecule has 2 aromatic carbocycles. The highest BCUT2D eigenvalue weighted by Crippen LogP contribution is 2.10. The van der Waals surface area contributed by atoms with Crippen LogP contribution in [0.25, 0.3) is 0 Å². The average Bonchev–Trinajstić information content (AvgIpc) is 2.38. The van der Waals surface area contributed by atoms with Gasteiger partial charge in [0.1, 0.15) is 0 Å². The first kappa shape index (κ1) is 14.3. The van der Waals surface area contributed by atoms with Crippen molar-refractivity contribution < 1.29 is 0 Å². The topological polar surface area (TPSA) is 0 Å². The van der Waals surface area contributed by atoms with Crippen molar-refractivity contribution >= 4 is 27.2 Å². The highest BCUT2D eigenvalue weighted by Gasteiger charge is 2.14. The molecule has 2 aromatic rings.